The Labute approximate surface area is 165 Å². The highest BCUT2D eigenvalue weighted by Gasteiger charge is 2.61. The standard InChI is InChI=1S/C21H28N4O3/c1-6-21(20(27)28-7-2)11-14-8-9-16(21)25(14)19(26)15-10-12(3)22-18-17(15)13(4)23-24(18)5/h10,14,16H,6-9,11H2,1-5H3/t14-,16+,21+/m1/s1. The molecule has 2 aliphatic heterocycles. The molecule has 2 aromatic heterocycles. The van der Waals surface area contributed by atoms with Crippen LogP contribution in [0.5, 0.6) is 0 Å². The van der Waals surface area contributed by atoms with Crippen molar-refractivity contribution in [2.45, 2.75) is 65.5 Å². The van der Waals surface area contributed by atoms with Crippen LogP contribution in [0, 0.1) is 19.3 Å². The first-order valence-corrected chi connectivity index (χ1v) is 10.1. The summed E-state index contributed by atoms with van der Waals surface area (Å²) in [6, 6.07) is 1.84. The van der Waals surface area contributed by atoms with Gasteiger partial charge in [-0.2, -0.15) is 5.10 Å². The van der Waals surface area contributed by atoms with Crippen molar-refractivity contribution in [3.8, 4) is 0 Å². The average molecular weight is 384 g/mol. The molecular weight excluding hydrogens is 356 g/mol. The van der Waals surface area contributed by atoms with Crippen molar-refractivity contribution in [2.24, 2.45) is 12.5 Å². The third-order valence-corrected chi connectivity index (χ3v) is 6.61. The van der Waals surface area contributed by atoms with Crippen molar-refractivity contribution in [2.75, 3.05) is 6.61 Å². The lowest BCUT2D eigenvalue weighted by atomic mass is 9.72. The van der Waals surface area contributed by atoms with E-state index in [1.54, 1.807) is 4.68 Å². The second kappa shape index (κ2) is 6.57. The number of hydrogen-bond acceptors (Lipinski definition) is 5. The normalized spacial score (nSPS) is 26.2. The highest BCUT2D eigenvalue weighted by Crippen LogP contribution is 2.53. The van der Waals surface area contributed by atoms with Gasteiger partial charge in [-0.15, -0.1) is 0 Å². The zero-order valence-corrected chi connectivity index (χ0v) is 17.3. The number of ether oxygens (including phenoxy) is 1. The Morgan fingerprint density at radius 2 is 2.04 bits per heavy atom. The van der Waals surface area contributed by atoms with Crippen molar-refractivity contribution in [1.82, 2.24) is 19.7 Å². The quantitative estimate of drug-likeness (QED) is 0.758. The summed E-state index contributed by atoms with van der Waals surface area (Å²) in [6.45, 7) is 8.03. The molecule has 28 heavy (non-hydrogen) atoms. The number of esters is 1. The van der Waals surface area contributed by atoms with E-state index in [4.69, 9.17) is 4.74 Å². The van der Waals surface area contributed by atoms with Crippen molar-refractivity contribution < 1.29 is 14.3 Å². The summed E-state index contributed by atoms with van der Waals surface area (Å²) in [5.74, 6) is -0.171. The number of pyridine rings is 1. The van der Waals surface area contributed by atoms with E-state index in [-0.39, 0.29) is 24.0 Å². The molecule has 0 radical (unpaired) electrons. The highest BCUT2D eigenvalue weighted by molar-refractivity contribution is 6.07. The fourth-order valence-corrected chi connectivity index (χ4v) is 5.39. The van der Waals surface area contributed by atoms with Gasteiger partial charge in [-0.05, 0) is 52.5 Å². The van der Waals surface area contributed by atoms with Gasteiger partial charge in [0, 0.05) is 24.8 Å². The van der Waals surface area contributed by atoms with Crippen LogP contribution < -0.4 is 0 Å². The molecule has 0 spiro atoms. The van der Waals surface area contributed by atoms with Crippen LogP contribution in [0.4, 0.5) is 0 Å². The summed E-state index contributed by atoms with van der Waals surface area (Å²) in [5, 5.41) is 5.27. The van der Waals surface area contributed by atoms with E-state index in [9.17, 15) is 9.59 Å². The van der Waals surface area contributed by atoms with Gasteiger partial charge >= 0.3 is 5.97 Å². The summed E-state index contributed by atoms with van der Waals surface area (Å²) in [4.78, 5) is 33.1. The molecule has 2 fully saturated rings. The molecule has 2 saturated heterocycles. The lowest BCUT2D eigenvalue weighted by Crippen LogP contribution is -2.45. The number of hydrogen-bond donors (Lipinski definition) is 0. The molecule has 0 aromatic carbocycles. The summed E-state index contributed by atoms with van der Waals surface area (Å²) in [6.07, 6.45) is 3.17. The minimum absolute atomic E-state index is 0.0151. The number of nitrogens with zero attached hydrogens (tertiary/aromatic N) is 4. The topological polar surface area (TPSA) is 77.3 Å². The van der Waals surface area contributed by atoms with E-state index >= 15 is 0 Å². The zero-order valence-electron chi connectivity index (χ0n) is 17.3. The van der Waals surface area contributed by atoms with Crippen LogP contribution in [-0.4, -0.2) is 50.2 Å². The highest BCUT2D eigenvalue weighted by atomic mass is 16.5. The van der Waals surface area contributed by atoms with Crippen LogP contribution in [0.3, 0.4) is 0 Å². The number of carbonyl (C=O) groups excluding carboxylic acids is 2. The van der Waals surface area contributed by atoms with Crippen LogP contribution in [0.15, 0.2) is 6.07 Å². The van der Waals surface area contributed by atoms with Crippen molar-refractivity contribution >= 4 is 22.9 Å². The molecule has 2 aromatic rings. The number of rotatable bonds is 4. The molecule has 150 valence electrons. The molecule has 0 N–H and O–H groups in total. The first-order chi connectivity index (χ1) is 13.3. The molecule has 0 aliphatic carbocycles. The van der Waals surface area contributed by atoms with Crippen LogP contribution in [0.2, 0.25) is 0 Å². The van der Waals surface area contributed by atoms with Crippen molar-refractivity contribution in [3.05, 3.63) is 23.0 Å². The molecule has 1 amide bonds. The fraction of sp³-hybridized carbons (Fsp3) is 0.619. The van der Waals surface area contributed by atoms with E-state index in [0.29, 0.717) is 25.0 Å². The Hall–Kier alpha value is -2.44. The molecule has 7 nitrogen and oxygen atoms in total. The number of aryl methyl sites for hydroxylation is 3. The molecular formula is C21H28N4O3. The predicted molar refractivity (Wildman–Crippen MR) is 105 cm³/mol. The van der Waals surface area contributed by atoms with E-state index in [1.165, 1.54) is 0 Å². The second-order valence-corrected chi connectivity index (χ2v) is 8.11. The predicted octanol–water partition coefficient (Wildman–Crippen LogP) is 2.92. The monoisotopic (exact) mass is 384 g/mol. The summed E-state index contributed by atoms with van der Waals surface area (Å²) in [7, 11) is 1.85. The van der Waals surface area contributed by atoms with Crippen LogP contribution in [0.1, 0.15) is 61.3 Å². The van der Waals surface area contributed by atoms with Crippen LogP contribution in [0.25, 0.3) is 11.0 Å². The Bertz CT molecular complexity index is 966. The Kier molecular flexibility index (Phi) is 4.43. The molecule has 0 saturated carbocycles. The van der Waals surface area contributed by atoms with Gasteiger partial charge in [0.1, 0.15) is 0 Å². The fourth-order valence-electron chi connectivity index (χ4n) is 5.39. The molecule has 3 atom stereocenters. The Morgan fingerprint density at radius 1 is 1.29 bits per heavy atom. The number of amides is 1. The summed E-state index contributed by atoms with van der Waals surface area (Å²) in [5.41, 5.74) is 2.37. The van der Waals surface area contributed by atoms with Gasteiger partial charge in [-0.3, -0.25) is 14.3 Å². The number of aromatic nitrogens is 3. The van der Waals surface area contributed by atoms with Crippen LogP contribution >= 0.6 is 0 Å². The maximum Gasteiger partial charge on any atom is 0.314 e. The molecule has 4 heterocycles. The van der Waals surface area contributed by atoms with E-state index in [0.717, 1.165) is 35.3 Å². The first kappa shape index (κ1) is 18.9. The molecule has 2 aliphatic rings. The molecule has 2 bridgehead atoms. The minimum Gasteiger partial charge on any atom is -0.466 e. The minimum atomic E-state index is -0.584. The summed E-state index contributed by atoms with van der Waals surface area (Å²) < 4.78 is 7.14. The van der Waals surface area contributed by atoms with E-state index in [2.05, 4.69) is 10.1 Å². The lowest BCUT2D eigenvalue weighted by molar-refractivity contribution is -0.157. The maximum absolute atomic E-state index is 13.7. The van der Waals surface area contributed by atoms with E-state index in [1.807, 2.05) is 45.7 Å². The number of carbonyl (C=O) groups is 2. The van der Waals surface area contributed by atoms with Gasteiger partial charge in [0.15, 0.2) is 5.65 Å². The third kappa shape index (κ3) is 2.48. The van der Waals surface area contributed by atoms with Gasteiger partial charge in [0.2, 0.25) is 0 Å². The van der Waals surface area contributed by atoms with Gasteiger partial charge in [-0.25, -0.2) is 4.98 Å². The SMILES string of the molecule is CCOC(=O)[C@@]1(CC)C[C@H]2CC[C@@H]1N2C(=O)c1cc(C)nc2c1c(C)nn2C. The van der Waals surface area contributed by atoms with Crippen molar-refractivity contribution in [3.63, 3.8) is 0 Å². The smallest absolute Gasteiger partial charge is 0.314 e. The van der Waals surface area contributed by atoms with Gasteiger partial charge in [0.25, 0.3) is 5.91 Å². The molecule has 0 unspecified atom stereocenters. The number of fused-ring (bicyclic) bond motifs is 3. The Balaban J connectivity index is 1.78. The largest absolute Gasteiger partial charge is 0.466 e. The average Bonchev–Trinajstić information content (AvgIpc) is 3.31. The van der Waals surface area contributed by atoms with E-state index < -0.39 is 5.41 Å². The van der Waals surface area contributed by atoms with Gasteiger partial charge in [-0.1, -0.05) is 6.92 Å². The molecule has 7 heteroatoms. The lowest BCUT2D eigenvalue weighted by Gasteiger charge is -2.34. The maximum atomic E-state index is 13.7. The third-order valence-electron chi connectivity index (χ3n) is 6.61. The van der Waals surface area contributed by atoms with Gasteiger partial charge in [0.05, 0.1) is 28.7 Å². The van der Waals surface area contributed by atoms with Crippen molar-refractivity contribution in [1.29, 1.82) is 0 Å². The van der Waals surface area contributed by atoms with Gasteiger partial charge < -0.3 is 9.64 Å². The van der Waals surface area contributed by atoms with Crippen LogP contribution in [-0.2, 0) is 16.6 Å². The zero-order chi connectivity index (χ0) is 20.2. The first-order valence-electron chi connectivity index (χ1n) is 10.1. The Morgan fingerprint density at radius 3 is 2.71 bits per heavy atom. The second-order valence-electron chi connectivity index (χ2n) is 8.11. The molecule has 4 rings (SSSR count). The summed E-state index contributed by atoms with van der Waals surface area (Å²) >= 11 is 0.